The van der Waals surface area contributed by atoms with Crippen molar-refractivity contribution in [3.63, 3.8) is 0 Å². The maximum absolute atomic E-state index is 14.5. The first kappa shape index (κ1) is 19.7. The second-order valence-corrected chi connectivity index (χ2v) is 6.79. The predicted octanol–water partition coefficient (Wildman–Crippen LogP) is 4.53. The van der Waals surface area contributed by atoms with Gasteiger partial charge in [0, 0.05) is 7.11 Å². The molecule has 2 saturated carbocycles. The predicted molar refractivity (Wildman–Crippen MR) is 85.0 cm³/mol. The van der Waals surface area contributed by atoms with Crippen molar-refractivity contribution in [1.29, 1.82) is 0 Å². The fourth-order valence-electron chi connectivity index (χ4n) is 3.97. The van der Waals surface area contributed by atoms with Crippen molar-refractivity contribution >= 4 is 0 Å². The highest BCUT2D eigenvalue weighted by molar-refractivity contribution is 4.98. The van der Waals surface area contributed by atoms with Crippen LogP contribution >= 0.6 is 0 Å². The Morgan fingerprint density at radius 3 is 1.88 bits per heavy atom. The van der Waals surface area contributed by atoms with Crippen LogP contribution in [0.2, 0.25) is 0 Å². The zero-order valence-corrected chi connectivity index (χ0v) is 14.3. The molecule has 8 atom stereocenters. The van der Waals surface area contributed by atoms with Crippen molar-refractivity contribution < 1.29 is 27.0 Å². The number of hydrogen-bond donors (Lipinski definition) is 0. The molecule has 2 aliphatic rings. The first-order chi connectivity index (χ1) is 11.5. The fraction of sp³-hybridized carbons (Fsp3) is 0.889. The molecule has 0 N–H and O–H groups in total. The molecule has 0 aromatic heterocycles. The molecule has 0 amide bonds. The summed E-state index contributed by atoms with van der Waals surface area (Å²) in [6, 6.07) is 0. The SMILES string of the molecule is CCC=CCOC1CCC(C2CCC(OC)C(F)C2F)C(F)C1F. The molecule has 24 heavy (non-hydrogen) atoms. The zero-order chi connectivity index (χ0) is 17.7. The van der Waals surface area contributed by atoms with Gasteiger partial charge in [0.15, 0.2) is 12.3 Å². The summed E-state index contributed by atoms with van der Waals surface area (Å²) in [7, 11) is 1.34. The number of ether oxygens (including phenoxy) is 2. The Hall–Kier alpha value is -0.620. The minimum absolute atomic E-state index is 0.244. The third-order valence-electron chi connectivity index (χ3n) is 5.37. The summed E-state index contributed by atoms with van der Waals surface area (Å²) in [5.74, 6) is -1.59. The van der Waals surface area contributed by atoms with Gasteiger partial charge in [0.2, 0.25) is 0 Å². The minimum atomic E-state index is -1.81. The fourth-order valence-corrected chi connectivity index (χ4v) is 3.97. The molecule has 2 fully saturated rings. The van der Waals surface area contributed by atoms with E-state index >= 15 is 0 Å². The lowest BCUT2D eigenvalue weighted by molar-refractivity contribution is -0.113. The third-order valence-corrected chi connectivity index (χ3v) is 5.37. The van der Waals surface area contributed by atoms with Crippen molar-refractivity contribution in [1.82, 2.24) is 0 Å². The van der Waals surface area contributed by atoms with Gasteiger partial charge >= 0.3 is 0 Å². The second-order valence-electron chi connectivity index (χ2n) is 6.79. The van der Waals surface area contributed by atoms with Crippen LogP contribution in [-0.2, 0) is 9.47 Å². The number of alkyl halides is 4. The number of methoxy groups -OCH3 is 1. The van der Waals surface area contributed by atoms with Crippen LogP contribution in [0.15, 0.2) is 12.2 Å². The average Bonchev–Trinajstić information content (AvgIpc) is 2.58. The highest BCUT2D eigenvalue weighted by Crippen LogP contribution is 2.43. The molecule has 2 rings (SSSR count). The van der Waals surface area contributed by atoms with E-state index in [-0.39, 0.29) is 6.61 Å². The number of rotatable bonds is 6. The summed E-state index contributed by atoms with van der Waals surface area (Å²) in [5, 5.41) is 0. The Labute approximate surface area is 141 Å². The summed E-state index contributed by atoms with van der Waals surface area (Å²) in [6.45, 7) is 2.22. The van der Waals surface area contributed by atoms with Crippen molar-refractivity contribution in [3.05, 3.63) is 12.2 Å². The van der Waals surface area contributed by atoms with E-state index < -0.39 is 48.7 Å². The summed E-state index contributed by atoms with van der Waals surface area (Å²) >= 11 is 0. The molecule has 0 aromatic carbocycles. The first-order valence-corrected chi connectivity index (χ1v) is 8.86. The summed E-state index contributed by atoms with van der Waals surface area (Å²) in [5.41, 5.74) is 0. The third kappa shape index (κ3) is 4.31. The van der Waals surface area contributed by atoms with Gasteiger partial charge in [-0.05, 0) is 43.9 Å². The highest BCUT2D eigenvalue weighted by Gasteiger charge is 2.50. The molecule has 0 spiro atoms. The Bertz CT molecular complexity index is 406. The smallest absolute Gasteiger partial charge is 0.157 e. The second kappa shape index (κ2) is 9.18. The van der Waals surface area contributed by atoms with E-state index in [1.807, 2.05) is 13.0 Å². The zero-order valence-electron chi connectivity index (χ0n) is 14.3. The van der Waals surface area contributed by atoms with E-state index in [2.05, 4.69) is 0 Å². The highest BCUT2D eigenvalue weighted by atomic mass is 19.2. The quantitative estimate of drug-likeness (QED) is 0.517. The van der Waals surface area contributed by atoms with Gasteiger partial charge < -0.3 is 9.47 Å². The van der Waals surface area contributed by atoms with Crippen LogP contribution in [0.5, 0.6) is 0 Å². The van der Waals surface area contributed by atoms with Crippen molar-refractivity contribution in [2.45, 2.75) is 75.9 Å². The van der Waals surface area contributed by atoms with E-state index in [1.165, 1.54) is 7.11 Å². The molecule has 140 valence electrons. The largest absolute Gasteiger partial charge is 0.378 e. The van der Waals surface area contributed by atoms with Crippen molar-refractivity contribution in [2.75, 3.05) is 13.7 Å². The lowest BCUT2D eigenvalue weighted by Gasteiger charge is -2.43. The van der Waals surface area contributed by atoms with Gasteiger partial charge in [-0.1, -0.05) is 19.1 Å². The number of halogens is 4. The molecule has 0 saturated heterocycles. The molecule has 2 aliphatic carbocycles. The van der Waals surface area contributed by atoms with E-state index in [1.54, 1.807) is 6.08 Å². The Balaban J connectivity index is 1.93. The molecule has 0 bridgehead atoms. The molecule has 0 heterocycles. The maximum Gasteiger partial charge on any atom is 0.157 e. The van der Waals surface area contributed by atoms with Gasteiger partial charge in [-0.3, -0.25) is 0 Å². The van der Waals surface area contributed by atoms with Crippen LogP contribution in [0, 0.1) is 11.8 Å². The maximum atomic E-state index is 14.5. The standard InChI is InChI=1S/C18H28F4O2/c1-3-4-5-10-24-14-9-7-12(16(20)18(14)22)11-6-8-13(23-2)17(21)15(11)19/h4-5,11-18H,3,6-10H2,1-2H3. The van der Waals surface area contributed by atoms with Gasteiger partial charge in [0.1, 0.15) is 12.3 Å². The summed E-state index contributed by atoms with van der Waals surface area (Å²) in [6.07, 6.45) is -2.93. The van der Waals surface area contributed by atoms with Crippen LogP contribution in [0.3, 0.4) is 0 Å². The first-order valence-electron chi connectivity index (χ1n) is 8.86. The van der Waals surface area contributed by atoms with Crippen LogP contribution in [0.25, 0.3) is 0 Å². The van der Waals surface area contributed by atoms with Crippen LogP contribution in [-0.4, -0.2) is 50.6 Å². The molecule has 6 heteroatoms. The van der Waals surface area contributed by atoms with Gasteiger partial charge in [0.25, 0.3) is 0 Å². The number of hydrogen-bond acceptors (Lipinski definition) is 2. The monoisotopic (exact) mass is 352 g/mol. The molecule has 8 unspecified atom stereocenters. The average molecular weight is 352 g/mol. The van der Waals surface area contributed by atoms with Gasteiger partial charge in [0.05, 0.1) is 18.8 Å². The number of allylic oxidation sites excluding steroid dienone is 1. The minimum Gasteiger partial charge on any atom is -0.378 e. The summed E-state index contributed by atoms with van der Waals surface area (Å²) < 4.78 is 67.6. The van der Waals surface area contributed by atoms with Crippen LogP contribution in [0.4, 0.5) is 17.6 Å². The molecular formula is C18H28F4O2. The summed E-state index contributed by atoms with van der Waals surface area (Å²) in [4.78, 5) is 0. The van der Waals surface area contributed by atoms with E-state index in [0.717, 1.165) is 6.42 Å². The Kier molecular flexibility index (Phi) is 7.54. The lowest BCUT2D eigenvalue weighted by Crippen LogP contribution is -2.51. The Morgan fingerprint density at radius 2 is 1.33 bits per heavy atom. The Morgan fingerprint density at radius 1 is 0.792 bits per heavy atom. The lowest BCUT2D eigenvalue weighted by atomic mass is 9.69. The van der Waals surface area contributed by atoms with Crippen molar-refractivity contribution in [3.8, 4) is 0 Å². The van der Waals surface area contributed by atoms with Crippen LogP contribution in [0.1, 0.15) is 39.0 Å². The van der Waals surface area contributed by atoms with E-state index in [0.29, 0.717) is 25.7 Å². The van der Waals surface area contributed by atoms with Crippen LogP contribution < -0.4 is 0 Å². The van der Waals surface area contributed by atoms with Gasteiger partial charge in [-0.25, -0.2) is 17.6 Å². The topological polar surface area (TPSA) is 18.5 Å². The molecular weight excluding hydrogens is 324 g/mol. The van der Waals surface area contributed by atoms with Gasteiger partial charge in [-0.2, -0.15) is 0 Å². The molecule has 2 nitrogen and oxygen atoms in total. The molecule has 0 aromatic rings. The van der Waals surface area contributed by atoms with E-state index in [4.69, 9.17) is 9.47 Å². The van der Waals surface area contributed by atoms with E-state index in [9.17, 15) is 17.6 Å². The van der Waals surface area contributed by atoms with Gasteiger partial charge in [-0.15, -0.1) is 0 Å². The molecule has 0 aliphatic heterocycles. The molecule has 0 radical (unpaired) electrons. The van der Waals surface area contributed by atoms with Crippen molar-refractivity contribution in [2.24, 2.45) is 11.8 Å². The normalized spacial score (nSPS) is 44.1.